The van der Waals surface area contributed by atoms with E-state index in [-0.39, 0.29) is 16.5 Å². The molecule has 4 N–H and O–H groups in total. The maximum Gasteiger partial charge on any atom is 0.265 e. The second-order valence-corrected chi connectivity index (χ2v) is 7.08. The first-order valence-electron chi connectivity index (χ1n) is 6.52. The maximum atomic E-state index is 12.6. The minimum Gasteiger partial charge on any atom is -0.364 e. The van der Waals surface area contributed by atoms with E-state index in [0.29, 0.717) is 19.6 Å². The van der Waals surface area contributed by atoms with Gasteiger partial charge in [-0.2, -0.15) is 4.31 Å². The number of amides is 1. The minimum atomic E-state index is -3.59. The van der Waals surface area contributed by atoms with E-state index in [2.05, 4.69) is 0 Å². The number of hydrogen-bond donors (Lipinski definition) is 2. The number of piperidine rings is 1. The number of aryl methyl sites for hydroxylation is 1. The first kappa shape index (κ1) is 15.0. The van der Waals surface area contributed by atoms with Gasteiger partial charge in [-0.05, 0) is 31.4 Å². The molecule has 2 rings (SSSR count). The summed E-state index contributed by atoms with van der Waals surface area (Å²) in [5, 5.41) is 0. The summed E-state index contributed by atoms with van der Waals surface area (Å²) in [5.41, 5.74) is 11.0. The third-order valence-electron chi connectivity index (χ3n) is 3.69. The summed E-state index contributed by atoms with van der Waals surface area (Å²) in [4.78, 5) is 11.3. The summed E-state index contributed by atoms with van der Waals surface area (Å²) in [7, 11) is -2.00. The lowest BCUT2D eigenvalue weighted by molar-refractivity contribution is 0.0992. The van der Waals surface area contributed by atoms with Crippen LogP contribution in [-0.4, -0.2) is 42.8 Å². The SMILES string of the molecule is Cn1cc(S(=O)(=O)N2CCCC(CN)C2)cc1C(N)=O. The highest BCUT2D eigenvalue weighted by molar-refractivity contribution is 7.89. The highest BCUT2D eigenvalue weighted by Gasteiger charge is 2.31. The van der Waals surface area contributed by atoms with E-state index in [1.54, 1.807) is 7.05 Å². The molecule has 8 heteroatoms. The second kappa shape index (κ2) is 5.55. The van der Waals surface area contributed by atoms with Crippen LogP contribution in [0.3, 0.4) is 0 Å². The van der Waals surface area contributed by atoms with Crippen LogP contribution in [-0.2, 0) is 17.1 Å². The third kappa shape index (κ3) is 2.72. The Bertz CT molecular complexity index is 608. The normalized spacial score (nSPS) is 21.0. The van der Waals surface area contributed by atoms with E-state index in [0.717, 1.165) is 12.8 Å². The lowest BCUT2D eigenvalue weighted by Gasteiger charge is -2.30. The van der Waals surface area contributed by atoms with Crippen LogP contribution >= 0.6 is 0 Å². The van der Waals surface area contributed by atoms with Crippen LogP contribution in [0.5, 0.6) is 0 Å². The van der Waals surface area contributed by atoms with Gasteiger partial charge in [0.2, 0.25) is 10.0 Å². The molecule has 1 aromatic rings. The summed E-state index contributed by atoms with van der Waals surface area (Å²) in [6.07, 6.45) is 3.17. The number of sulfonamides is 1. The molecular weight excluding hydrogens is 280 g/mol. The summed E-state index contributed by atoms with van der Waals surface area (Å²) in [6.45, 7) is 1.40. The highest BCUT2D eigenvalue weighted by Crippen LogP contribution is 2.24. The average Bonchev–Trinajstić information content (AvgIpc) is 2.82. The molecular formula is C12H20N4O3S. The molecule has 1 saturated heterocycles. The van der Waals surface area contributed by atoms with Crippen molar-refractivity contribution >= 4 is 15.9 Å². The zero-order chi connectivity index (χ0) is 14.9. The zero-order valence-electron chi connectivity index (χ0n) is 11.4. The van der Waals surface area contributed by atoms with Crippen molar-refractivity contribution in [2.75, 3.05) is 19.6 Å². The van der Waals surface area contributed by atoms with Crippen LogP contribution in [0.2, 0.25) is 0 Å². The quantitative estimate of drug-likeness (QED) is 0.779. The molecule has 0 aliphatic carbocycles. The van der Waals surface area contributed by atoms with Gasteiger partial charge in [-0.3, -0.25) is 4.79 Å². The smallest absolute Gasteiger partial charge is 0.265 e. The van der Waals surface area contributed by atoms with Gasteiger partial charge >= 0.3 is 0 Å². The molecule has 112 valence electrons. The number of aromatic nitrogens is 1. The molecule has 2 heterocycles. The number of nitrogens with two attached hydrogens (primary N) is 2. The van der Waals surface area contributed by atoms with Gasteiger partial charge in [0.15, 0.2) is 0 Å². The van der Waals surface area contributed by atoms with Crippen molar-refractivity contribution in [3.05, 3.63) is 18.0 Å². The standard InChI is InChI=1S/C12H20N4O3S/c1-15-8-10(5-11(15)12(14)17)20(18,19)16-4-2-3-9(6-13)7-16/h5,8-9H,2-4,6-7,13H2,1H3,(H2,14,17). The number of carbonyl (C=O) groups is 1. The number of rotatable bonds is 4. The summed E-state index contributed by atoms with van der Waals surface area (Å²) in [5.74, 6) is -0.453. The van der Waals surface area contributed by atoms with Crippen LogP contribution < -0.4 is 11.5 Å². The van der Waals surface area contributed by atoms with Gasteiger partial charge in [0.05, 0.1) is 0 Å². The Morgan fingerprint density at radius 1 is 1.50 bits per heavy atom. The Morgan fingerprint density at radius 3 is 2.75 bits per heavy atom. The molecule has 1 amide bonds. The Hall–Kier alpha value is -1.38. The van der Waals surface area contributed by atoms with Gasteiger partial charge in [0, 0.05) is 26.3 Å². The largest absolute Gasteiger partial charge is 0.364 e. The summed E-state index contributed by atoms with van der Waals surface area (Å²) in [6, 6.07) is 1.32. The molecule has 1 unspecified atom stereocenters. The minimum absolute atomic E-state index is 0.103. The van der Waals surface area contributed by atoms with Crippen LogP contribution in [0.4, 0.5) is 0 Å². The molecule has 20 heavy (non-hydrogen) atoms. The van der Waals surface area contributed by atoms with Crippen molar-refractivity contribution in [3.8, 4) is 0 Å². The summed E-state index contributed by atoms with van der Waals surface area (Å²) >= 11 is 0. The second-order valence-electron chi connectivity index (χ2n) is 5.14. The van der Waals surface area contributed by atoms with E-state index >= 15 is 0 Å². The monoisotopic (exact) mass is 300 g/mol. The Labute approximate surface area is 118 Å². The molecule has 0 saturated carbocycles. The van der Waals surface area contributed by atoms with Crippen molar-refractivity contribution in [1.29, 1.82) is 0 Å². The van der Waals surface area contributed by atoms with E-state index in [9.17, 15) is 13.2 Å². The van der Waals surface area contributed by atoms with Gasteiger partial charge in [0.25, 0.3) is 5.91 Å². The van der Waals surface area contributed by atoms with Gasteiger partial charge in [0.1, 0.15) is 10.6 Å². The summed E-state index contributed by atoms with van der Waals surface area (Å²) < 4.78 is 28.0. The van der Waals surface area contributed by atoms with Gasteiger partial charge in [-0.15, -0.1) is 0 Å². The van der Waals surface area contributed by atoms with Crippen LogP contribution in [0.1, 0.15) is 23.3 Å². The number of nitrogens with zero attached hydrogens (tertiary/aromatic N) is 2. The molecule has 0 spiro atoms. The van der Waals surface area contributed by atoms with E-state index in [1.165, 1.54) is 21.1 Å². The number of carbonyl (C=O) groups excluding carboxylic acids is 1. The number of primary amides is 1. The van der Waals surface area contributed by atoms with Gasteiger partial charge in [-0.1, -0.05) is 0 Å². The third-order valence-corrected chi connectivity index (χ3v) is 5.52. The van der Waals surface area contributed by atoms with Crippen molar-refractivity contribution in [2.24, 2.45) is 24.4 Å². The Balaban J connectivity index is 2.30. The van der Waals surface area contributed by atoms with Crippen molar-refractivity contribution in [2.45, 2.75) is 17.7 Å². The highest BCUT2D eigenvalue weighted by atomic mass is 32.2. The first-order valence-corrected chi connectivity index (χ1v) is 7.96. The Morgan fingerprint density at radius 2 is 2.20 bits per heavy atom. The van der Waals surface area contributed by atoms with Gasteiger partial charge in [-0.25, -0.2) is 8.42 Å². The predicted octanol–water partition coefficient (Wildman–Crippen LogP) is -0.517. The lowest BCUT2D eigenvalue weighted by atomic mass is 10.0. The van der Waals surface area contributed by atoms with Crippen molar-refractivity contribution in [1.82, 2.24) is 8.87 Å². The lowest BCUT2D eigenvalue weighted by Crippen LogP contribution is -2.41. The van der Waals surface area contributed by atoms with Gasteiger partial charge < -0.3 is 16.0 Å². The predicted molar refractivity (Wildman–Crippen MR) is 74.5 cm³/mol. The topological polar surface area (TPSA) is 111 Å². The molecule has 0 radical (unpaired) electrons. The average molecular weight is 300 g/mol. The van der Waals surface area contributed by atoms with Crippen LogP contribution in [0.25, 0.3) is 0 Å². The first-order chi connectivity index (χ1) is 9.36. The van der Waals surface area contributed by atoms with Crippen molar-refractivity contribution < 1.29 is 13.2 Å². The fourth-order valence-electron chi connectivity index (χ4n) is 2.51. The zero-order valence-corrected chi connectivity index (χ0v) is 12.3. The molecule has 7 nitrogen and oxygen atoms in total. The molecule has 1 aromatic heterocycles. The van der Waals surface area contributed by atoms with E-state index in [1.807, 2.05) is 0 Å². The van der Waals surface area contributed by atoms with Crippen LogP contribution in [0.15, 0.2) is 17.2 Å². The molecule has 0 bridgehead atoms. The molecule has 1 aliphatic heterocycles. The maximum absolute atomic E-state index is 12.6. The molecule has 1 aliphatic rings. The fraction of sp³-hybridized carbons (Fsp3) is 0.583. The molecule has 0 aromatic carbocycles. The Kier molecular flexibility index (Phi) is 4.17. The van der Waals surface area contributed by atoms with E-state index in [4.69, 9.17) is 11.5 Å². The fourth-order valence-corrected chi connectivity index (χ4v) is 4.13. The molecule has 1 fully saturated rings. The molecule has 1 atom stereocenters. The number of hydrogen-bond acceptors (Lipinski definition) is 4. The van der Waals surface area contributed by atoms with Crippen molar-refractivity contribution in [3.63, 3.8) is 0 Å². The van der Waals surface area contributed by atoms with E-state index < -0.39 is 15.9 Å². The van der Waals surface area contributed by atoms with Crippen LogP contribution in [0, 0.1) is 5.92 Å².